The Morgan fingerprint density at radius 2 is 1.80 bits per heavy atom. The normalized spacial score (nSPS) is 27.2. The predicted molar refractivity (Wildman–Crippen MR) is 67.3 cm³/mol. The quantitative estimate of drug-likeness (QED) is 0.707. The van der Waals surface area contributed by atoms with Gasteiger partial charge in [-0.05, 0) is 52.9 Å². The van der Waals surface area contributed by atoms with E-state index in [0.717, 1.165) is 6.04 Å². The van der Waals surface area contributed by atoms with Gasteiger partial charge >= 0.3 is 0 Å². The highest BCUT2D eigenvalue weighted by Gasteiger charge is 2.43. The minimum Gasteiger partial charge on any atom is -0.305 e. The molecule has 1 saturated heterocycles. The molecule has 0 saturated carbocycles. The lowest BCUT2D eigenvalue weighted by Crippen LogP contribution is -2.63. The van der Waals surface area contributed by atoms with Crippen molar-refractivity contribution in [3.05, 3.63) is 0 Å². The van der Waals surface area contributed by atoms with Gasteiger partial charge in [0.05, 0.1) is 0 Å². The second kappa shape index (κ2) is 5.31. The predicted octanol–water partition coefficient (Wildman–Crippen LogP) is 2.59. The summed E-state index contributed by atoms with van der Waals surface area (Å²) in [5.74, 6) is 0. The van der Waals surface area contributed by atoms with E-state index in [-0.39, 0.29) is 0 Å². The van der Waals surface area contributed by atoms with Gasteiger partial charge in [0.25, 0.3) is 0 Å². The summed E-state index contributed by atoms with van der Waals surface area (Å²) < 4.78 is 0. The Balaban J connectivity index is 2.94. The van der Waals surface area contributed by atoms with E-state index in [1.807, 2.05) is 0 Å². The summed E-state index contributed by atoms with van der Waals surface area (Å²) in [6.45, 7) is 9.51. The summed E-state index contributed by atoms with van der Waals surface area (Å²) in [6, 6.07) is 0.737. The molecule has 1 aliphatic rings. The molecule has 0 aromatic carbocycles. The average molecular weight is 212 g/mol. The van der Waals surface area contributed by atoms with Crippen molar-refractivity contribution < 1.29 is 0 Å². The molecule has 1 heterocycles. The summed E-state index contributed by atoms with van der Waals surface area (Å²) in [4.78, 5) is 5.15. The molecular formula is C13H28N2. The van der Waals surface area contributed by atoms with E-state index >= 15 is 0 Å². The number of nitrogens with zero attached hydrogens (tertiary/aromatic N) is 2. The van der Waals surface area contributed by atoms with Crippen molar-refractivity contribution in [3.8, 4) is 0 Å². The SMILES string of the molecule is CCN1CCCC(N(C)C)C1(CC)CC. The van der Waals surface area contributed by atoms with E-state index in [4.69, 9.17) is 0 Å². The summed E-state index contributed by atoms with van der Waals surface area (Å²) in [6.07, 6.45) is 5.28. The van der Waals surface area contributed by atoms with Crippen LogP contribution < -0.4 is 0 Å². The lowest BCUT2D eigenvalue weighted by Gasteiger charge is -2.53. The highest BCUT2D eigenvalue weighted by Crippen LogP contribution is 2.36. The van der Waals surface area contributed by atoms with Crippen molar-refractivity contribution in [1.82, 2.24) is 9.80 Å². The van der Waals surface area contributed by atoms with Gasteiger partial charge in [0.2, 0.25) is 0 Å². The molecule has 15 heavy (non-hydrogen) atoms. The van der Waals surface area contributed by atoms with Crippen LogP contribution in [0.1, 0.15) is 46.5 Å². The van der Waals surface area contributed by atoms with Crippen LogP contribution in [0.15, 0.2) is 0 Å². The van der Waals surface area contributed by atoms with Gasteiger partial charge in [0, 0.05) is 11.6 Å². The third-order valence-corrected chi connectivity index (χ3v) is 4.39. The molecule has 2 heteroatoms. The molecule has 1 rings (SSSR count). The molecule has 0 spiro atoms. The van der Waals surface area contributed by atoms with E-state index in [2.05, 4.69) is 44.7 Å². The molecule has 1 fully saturated rings. The molecule has 1 aliphatic heterocycles. The van der Waals surface area contributed by atoms with Crippen LogP contribution >= 0.6 is 0 Å². The van der Waals surface area contributed by atoms with Gasteiger partial charge in [-0.25, -0.2) is 0 Å². The van der Waals surface area contributed by atoms with Crippen molar-refractivity contribution in [1.29, 1.82) is 0 Å². The first-order chi connectivity index (χ1) is 7.12. The first-order valence-corrected chi connectivity index (χ1v) is 6.53. The third-order valence-electron chi connectivity index (χ3n) is 4.39. The molecule has 0 aliphatic carbocycles. The molecule has 0 aromatic rings. The summed E-state index contributed by atoms with van der Waals surface area (Å²) in [7, 11) is 4.48. The van der Waals surface area contributed by atoms with Crippen molar-refractivity contribution in [2.75, 3.05) is 27.2 Å². The van der Waals surface area contributed by atoms with Gasteiger partial charge in [-0.1, -0.05) is 20.8 Å². The van der Waals surface area contributed by atoms with Crippen LogP contribution in [0.4, 0.5) is 0 Å². The van der Waals surface area contributed by atoms with E-state index in [1.54, 1.807) is 0 Å². The summed E-state index contributed by atoms with van der Waals surface area (Å²) >= 11 is 0. The Morgan fingerprint density at radius 1 is 1.20 bits per heavy atom. The van der Waals surface area contributed by atoms with Gasteiger partial charge in [-0.15, -0.1) is 0 Å². The monoisotopic (exact) mass is 212 g/mol. The zero-order chi connectivity index (χ0) is 11.5. The summed E-state index contributed by atoms with van der Waals surface area (Å²) in [5, 5.41) is 0. The first-order valence-electron chi connectivity index (χ1n) is 6.53. The fourth-order valence-corrected chi connectivity index (χ4v) is 3.56. The van der Waals surface area contributed by atoms with Crippen LogP contribution in [0.2, 0.25) is 0 Å². The van der Waals surface area contributed by atoms with E-state index in [1.165, 1.54) is 38.8 Å². The molecule has 0 radical (unpaired) electrons. The second-order valence-electron chi connectivity index (χ2n) is 5.01. The van der Waals surface area contributed by atoms with Crippen LogP contribution in [0.5, 0.6) is 0 Å². The van der Waals surface area contributed by atoms with Gasteiger partial charge in [0.1, 0.15) is 0 Å². The van der Waals surface area contributed by atoms with Gasteiger partial charge < -0.3 is 4.90 Å². The zero-order valence-corrected chi connectivity index (χ0v) is 11.2. The second-order valence-corrected chi connectivity index (χ2v) is 5.01. The topological polar surface area (TPSA) is 6.48 Å². The number of likely N-dealkylation sites (tertiary alicyclic amines) is 1. The molecule has 0 aromatic heterocycles. The molecule has 0 bridgehead atoms. The van der Waals surface area contributed by atoms with Crippen molar-refractivity contribution >= 4 is 0 Å². The Kier molecular flexibility index (Phi) is 4.60. The van der Waals surface area contributed by atoms with E-state index in [0.29, 0.717) is 5.54 Å². The van der Waals surface area contributed by atoms with E-state index in [9.17, 15) is 0 Å². The van der Waals surface area contributed by atoms with Crippen LogP contribution in [0, 0.1) is 0 Å². The third kappa shape index (κ3) is 2.21. The van der Waals surface area contributed by atoms with Crippen LogP contribution in [-0.2, 0) is 0 Å². The standard InChI is InChI=1S/C13H28N2/c1-6-13(7-2)12(14(4)5)10-9-11-15(13)8-3/h12H,6-11H2,1-5H3. The summed E-state index contributed by atoms with van der Waals surface area (Å²) in [5.41, 5.74) is 0.427. The molecule has 2 nitrogen and oxygen atoms in total. The number of hydrogen-bond acceptors (Lipinski definition) is 2. The number of piperidine rings is 1. The maximum Gasteiger partial charge on any atom is 0.0359 e. The Hall–Kier alpha value is -0.0800. The minimum atomic E-state index is 0.427. The largest absolute Gasteiger partial charge is 0.305 e. The van der Waals surface area contributed by atoms with Crippen molar-refractivity contribution in [2.45, 2.75) is 58.0 Å². The molecular weight excluding hydrogens is 184 g/mol. The van der Waals surface area contributed by atoms with Crippen molar-refractivity contribution in [3.63, 3.8) is 0 Å². The van der Waals surface area contributed by atoms with Gasteiger partial charge in [0.15, 0.2) is 0 Å². The molecule has 90 valence electrons. The molecule has 1 atom stereocenters. The first kappa shape index (κ1) is 13.0. The minimum absolute atomic E-state index is 0.427. The lowest BCUT2D eigenvalue weighted by atomic mass is 9.77. The number of likely N-dealkylation sites (N-methyl/N-ethyl adjacent to an activating group) is 2. The lowest BCUT2D eigenvalue weighted by molar-refractivity contribution is -0.0253. The van der Waals surface area contributed by atoms with E-state index < -0.39 is 0 Å². The number of rotatable bonds is 4. The highest BCUT2D eigenvalue weighted by atomic mass is 15.3. The Morgan fingerprint density at radius 3 is 2.20 bits per heavy atom. The van der Waals surface area contributed by atoms with Crippen LogP contribution in [0.25, 0.3) is 0 Å². The average Bonchev–Trinajstić information content (AvgIpc) is 2.27. The molecule has 0 N–H and O–H groups in total. The number of hydrogen-bond donors (Lipinski definition) is 0. The van der Waals surface area contributed by atoms with Crippen molar-refractivity contribution in [2.24, 2.45) is 0 Å². The molecule has 0 amide bonds. The molecule has 1 unspecified atom stereocenters. The highest BCUT2D eigenvalue weighted by molar-refractivity contribution is 5.01. The van der Waals surface area contributed by atoms with Crippen LogP contribution in [0.3, 0.4) is 0 Å². The smallest absolute Gasteiger partial charge is 0.0359 e. The maximum atomic E-state index is 2.71. The van der Waals surface area contributed by atoms with Gasteiger partial charge in [-0.2, -0.15) is 0 Å². The Labute approximate surface area is 95.6 Å². The van der Waals surface area contributed by atoms with Crippen LogP contribution in [-0.4, -0.2) is 48.6 Å². The zero-order valence-electron chi connectivity index (χ0n) is 11.2. The Bertz CT molecular complexity index is 185. The van der Waals surface area contributed by atoms with Gasteiger partial charge in [-0.3, -0.25) is 4.90 Å². The fraction of sp³-hybridized carbons (Fsp3) is 1.00. The fourth-order valence-electron chi connectivity index (χ4n) is 3.56. The maximum absolute atomic E-state index is 2.71.